The predicted molar refractivity (Wildman–Crippen MR) is 76.7 cm³/mol. The van der Waals surface area contributed by atoms with Gasteiger partial charge in [-0.1, -0.05) is 0 Å². The topological polar surface area (TPSA) is 78.6 Å². The number of hydrogen-bond donors (Lipinski definition) is 3. The van der Waals surface area contributed by atoms with E-state index in [0.29, 0.717) is 16.5 Å². The number of nitrogens with zero attached hydrogens (tertiary/aromatic N) is 4. The lowest BCUT2D eigenvalue weighted by atomic mass is 10.2. The van der Waals surface area contributed by atoms with Crippen molar-refractivity contribution in [2.45, 2.75) is 6.92 Å². The van der Waals surface area contributed by atoms with Gasteiger partial charge in [0, 0.05) is 27.3 Å². The van der Waals surface area contributed by atoms with Gasteiger partial charge < -0.3 is 15.3 Å². The Balaban J connectivity index is 2.92. The van der Waals surface area contributed by atoms with Crippen LogP contribution in [0.3, 0.4) is 0 Å². The Morgan fingerprint density at radius 3 is 2.61 bits per heavy atom. The zero-order valence-electron chi connectivity index (χ0n) is 10.9. The molecule has 0 bridgehead atoms. The Hall–Kier alpha value is -1.96. The highest BCUT2D eigenvalue weighted by molar-refractivity contribution is 7.80. The maximum absolute atomic E-state index is 4.94. The first-order valence-electron chi connectivity index (χ1n) is 5.33. The summed E-state index contributed by atoms with van der Waals surface area (Å²) in [5, 5.41) is 11.5. The zero-order valence-corrected chi connectivity index (χ0v) is 11.7. The molecule has 0 radical (unpaired) electrons. The molecule has 0 fully saturated rings. The summed E-state index contributed by atoms with van der Waals surface area (Å²) in [7, 11) is 5.35. The highest BCUT2D eigenvalue weighted by atomic mass is 32.1. The number of hydrazone groups is 2. The molecular formula is C10H17N7S. The van der Waals surface area contributed by atoms with Crippen molar-refractivity contribution in [1.82, 2.24) is 25.7 Å². The summed E-state index contributed by atoms with van der Waals surface area (Å²) in [6.07, 6.45) is 3.57. The fourth-order valence-corrected chi connectivity index (χ4v) is 1.26. The normalized spacial score (nSPS) is 12.2. The van der Waals surface area contributed by atoms with E-state index in [1.54, 1.807) is 20.4 Å². The van der Waals surface area contributed by atoms with Crippen molar-refractivity contribution >= 4 is 28.8 Å². The molecule has 0 aromatic carbocycles. The van der Waals surface area contributed by atoms with Crippen molar-refractivity contribution in [3.8, 4) is 0 Å². The number of thiocarbonyl (C=S) groups is 1. The van der Waals surface area contributed by atoms with Gasteiger partial charge >= 0.3 is 0 Å². The molecule has 0 atom stereocenters. The minimum Gasteiger partial charge on any atom is -0.364 e. The lowest BCUT2D eigenvalue weighted by Gasteiger charge is -2.05. The average molecular weight is 267 g/mol. The molecule has 7 nitrogen and oxygen atoms in total. The zero-order chi connectivity index (χ0) is 13.5. The van der Waals surface area contributed by atoms with Crippen LogP contribution in [0.2, 0.25) is 0 Å². The number of aromatic nitrogens is 2. The minimum absolute atomic E-state index is 0.444. The van der Waals surface area contributed by atoms with Crippen LogP contribution in [0.1, 0.15) is 12.6 Å². The Labute approximate surface area is 111 Å². The maximum Gasteiger partial charge on any atom is 0.186 e. The van der Waals surface area contributed by atoms with Crippen LogP contribution in [0.4, 0.5) is 0 Å². The van der Waals surface area contributed by atoms with Crippen molar-refractivity contribution < 1.29 is 0 Å². The van der Waals surface area contributed by atoms with Crippen LogP contribution in [0.25, 0.3) is 0 Å². The molecule has 8 heteroatoms. The van der Waals surface area contributed by atoms with Crippen LogP contribution >= 0.6 is 12.2 Å². The highest BCUT2D eigenvalue weighted by Gasteiger charge is 2.10. The number of imidazole rings is 1. The van der Waals surface area contributed by atoms with E-state index in [1.807, 2.05) is 24.7 Å². The summed E-state index contributed by atoms with van der Waals surface area (Å²) >= 11 is 4.94. The van der Waals surface area contributed by atoms with E-state index in [4.69, 9.17) is 12.2 Å². The first kappa shape index (κ1) is 14.1. The van der Waals surface area contributed by atoms with Gasteiger partial charge in [-0.05, 0) is 19.1 Å². The summed E-state index contributed by atoms with van der Waals surface area (Å²) < 4.78 is 1.85. The molecule has 3 N–H and O–H groups in total. The monoisotopic (exact) mass is 267 g/mol. The van der Waals surface area contributed by atoms with Crippen molar-refractivity contribution in [1.29, 1.82) is 0 Å². The van der Waals surface area contributed by atoms with Gasteiger partial charge in [0.25, 0.3) is 0 Å². The Morgan fingerprint density at radius 2 is 2.11 bits per heavy atom. The molecule has 98 valence electrons. The number of nitrogens with one attached hydrogen (secondary N) is 3. The molecule has 1 rings (SSSR count). The summed E-state index contributed by atoms with van der Waals surface area (Å²) in [5.41, 5.74) is 7.53. The third-order valence-corrected chi connectivity index (χ3v) is 2.36. The van der Waals surface area contributed by atoms with Crippen LogP contribution < -0.4 is 16.2 Å². The van der Waals surface area contributed by atoms with E-state index in [9.17, 15) is 0 Å². The van der Waals surface area contributed by atoms with Crippen LogP contribution in [0.15, 0.2) is 22.7 Å². The second-order valence-electron chi connectivity index (χ2n) is 3.50. The molecule has 0 aliphatic carbocycles. The van der Waals surface area contributed by atoms with E-state index >= 15 is 0 Å². The van der Waals surface area contributed by atoms with Crippen LogP contribution in [0.5, 0.6) is 0 Å². The Bertz CT molecular complexity index is 474. The summed E-state index contributed by atoms with van der Waals surface area (Å²) in [6.45, 7) is 1.83. The van der Waals surface area contributed by atoms with Crippen LogP contribution in [-0.2, 0) is 7.05 Å². The van der Waals surface area contributed by atoms with Gasteiger partial charge in [-0.2, -0.15) is 10.2 Å². The quantitative estimate of drug-likeness (QED) is 0.400. The molecular weight excluding hydrogens is 250 g/mol. The van der Waals surface area contributed by atoms with Gasteiger partial charge in [0.15, 0.2) is 5.11 Å². The molecule has 18 heavy (non-hydrogen) atoms. The summed E-state index contributed by atoms with van der Waals surface area (Å²) in [4.78, 5) is 4.24. The molecule has 1 aromatic heterocycles. The fourth-order valence-electron chi connectivity index (χ4n) is 1.21. The molecule has 1 heterocycles. The number of aryl methyl sites for hydroxylation is 1. The van der Waals surface area contributed by atoms with E-state index in [2.05, 4.69) is 31.4 Å². The molecule has 0 saturated heterocycles. The van der Waals surface area contributed by atoms with E-state index in [1.165, 1.54) is 0 Å². The van der Waals surface area contributed by atoms with Crippen molar-refractivity contribution in [2.75, 3.05) is 14.1 Å². The summed E-state index contributed by atoms with van der Waals surface area (Å²) in [6, 6.07) is 0. The molecule has 0 aliphatic rings. The molecule has 0 spiro atoms. The second kappa shape index (κ2) is 6.70. The van der Waals surface area contributed by atoms with Gasteiger partial charge in [-0.15, -0.1) is 0 Å². The molecule has 0 unspecified atom stereocenters. The van der Waals surface area contributed by atoms with E-state index in [0.717, 1.165) is 5.69 Å². The molecule has 0 amide bonds. The predicted octanol–water partition coefficient (Wildman–Crippen LogP) is -0.187. The van der Waals surface area contributed by atoms with E-state index in [-0.39, 0.29) is 0 Å². The van der Waals surface area contributed by atoms with Gasteiger partial charge in [-0.3, -0.25) is 5.43 Å². The first-order valence-corrected chi connectivity index (χ1v) is 5.74. The molecule has 0 saturated carbocycles. The maximum atomic E-state index is 4.94. The lowest BCUT2D eigenvalue weighted by Crippen LogP contribution is -2.30. The van der Waals surface area contributed by atoms with Gasteiger partial charge in [0.05, 0.1) is 12.0 Å². The lowest BCUT2D eigenvalue weighted by molar-refractivity contribution is 0.900. The second-order valence-corrected chi connectivity index (χ2v) is 3.90. The van der Waals surface area contributed by atoms with Gasteiger partial charge in [-0.25, -0.2) is 4.98 Å². The molecule has 0 aliphatic heterocycles. The van der Waals surface area contributed by atoms with Crippen molar-refractivity contribution in [2.24, 2.45) is 17.3 Å². The molecule has 1 aromatic rings. The van der Waals surface area contributed by atoms with E-state index < -0.39 is 0 Å². The van der Waals surface area contributed by atoms with Crippen molar-refractivity contribution in [3.05, 3.63) is 18.2 Å². The van der Waals surface area contributed by atoms with Gasteiger partial charge in [0.1, 0.15) is 11.4 Å². The first-order chi connectivity index (χ1) is 8.58. The number of hydrogen-bond acceptors (Lipinski definition) is 5. The van der Waals surface area contributed by atoms with Crippen LogP contribution in [0, 0.1) is 0 Å². The highest BCUT2D eigenvalue weighted by Crippen LogP contribution is 1.99. The SMILES string of the molecule is CN/N=C(/C(C)=N/NC(=S)NC)c1cn(C)cn1. The van der Waals surface area contributed by atoms with Crippen molar-refractivity contribution in [3.63, 3.8) is 0 Å². The standard InChI is InChI=1S/C10H17N7S/c1-7(14-16-10(18)11-2)9(15-12-3)8-5-17(4)6-13-8/h5-6,12H,1-4H3,(H2,11,16,18)/b14-7+,15-9-. The van der Waals surface area contributed by atoms with Gasteiger partial charge in [0.2, 0.25) is 0 Å². The third-order valence-electron chi connectivity index (χ3n) is 2.07. The smallest absolute Gasteiger partial charge is 0.186 e. The van der Waals surface area contributed by atoms with Crippen LogP contribution in [-0.4, -0.2) is 40.2 Å². The number of rotatable bonds is 4. The average Bonchev–Trinajstić information content (AvgIpc) is 2.78. The fraction of sp³-hybridized carbons (Fsp3) is 0.400. The Kier molecular flexibility index (Phi) is 5.25. The third kappa shape index (κ3) is 3.81. The Morgan fingerprint density at radius 1 is 1.39 bits per heavy atom. The summed E-state index contributed by atoms with van der Waals surface area (Å²) in [5.74, 6) is 0. The largest absolute Gasteiger partial charge is 0.364 e. The minimum atomic E-state index is 0.444.